The summed E-state index contributed by atoms with van der Waals surface area (Å²) in [6, 6.07) is 144. The van der Waals surface area contributed by atoms with Crippen LogP contribution in [0.1, 0.15) is 11.3 Å². The number of halogens is 1. The molecule has 23 rings (SSSR count). The molecule has 0 bridgehead atoms. The highest BCUT2D eigenvalue weighted by atomic mass is 35.5. The van der Waals surface area contributed by atoms with Crippen molar-refractivity contribution in [2.75, 3.05) is 0 Å². The molecule has 0 saturated heterocycles. The lowest BCUT2D eigenvalue weighted by atomic mass is 9.94. The van der Waals surface area contributed by atoms with Crippen LogP contribution in [0.4, 0.5) is 0 Å². The number of rotatable bonds is 9. The Kier molecular flexibility index (Phi) is 19.7. The number of hydrogen-bond acceptors (Lipinski definition) is 4. The molecule has 0 amide bonds. The largest absolute Gasteiger partial charge is 0.354 e. The van der Waals surface area contributed by atoms with Crippen molar-refractivity contribution in [2.45, 2.75) is 0 Å². The van der Waals surface area contributed by atoms with Crippen LogP contribution in [0.2, 0.25) is 5.28 Å². The summed E-state index contributed by atoms with van der Waals surface area (Å²) >= 11 is 5.55. The first kappa shape index (κ1) is 71.9. The number of fused-ring (bicyclic) bond motifs is 17. The molecule has 6 aromatic heterocycles. The first-order valence-electron chi connectivity index (χ1n) is 39.2. The van der Waals surface area contributed by atoms with Gasteiger partial charge in [-0.2, -0.15) is 0 Å². The Morgan fingerprint density at radius 2 is 0.675 bits per heavy atom. The minimum absolute atomic E-state index is 0.227. The second-order valence-corrected chi connectivity index (χ2v) is 29.0. The van der Waals surface area contributed by atoms with Gasteiger partial charge in [-0.1, -0.05) is 335 Å². The molecule has 0 fully saturated rings. The zero-order valence-electron chi connectivity index (χ0n) is 63.8. The van der Waals surface area contributed by atoms with Gasteiger partial charge in [0.2, 0.25) is 11.2 Å². The highest BCUT2D eigenvalue weighted by molar-refractivity contribution is 6.28. The number of aromatic amines is 1. The minimum atomic E-state index is 0.227. The lowest BCUT2D eigenvalue weighted by Crippen LogP contribution is -2.04. The Morgan fingerprint density at radius 1 is 0.282 bits per heavy atom. The number of nitrogens with one attached hydrogen (secondary N) is 1. The van der Waals surface area contributed by atoms with Gasteiger partial charge >= 0.3 is 0 Å². The van der Waals surface area contributed by atoms with Crippen molar-refractivity contribution in [3.8, 4) is 62.0 Å². The maximum Gasteiger partial charge on any atom is 0.235 e. The van der Waals surface area contributed by atoms with Gasteiger partial charge in [0.05, 0.1) is 55.5 Å². The Bertz CT molecular complexity index is 7520. The van der Waals surface area contributed by atoms with Gasteiger partial charge in [0.15, 0.2) is 0 Å². The zero-order valence-corrected chi connectivity index (χ0v) is 64.6. The summed E-state index contributed by atoms with van der Waals surface area (Å²) in [5, 5.41) is 16.0. The molecule has 0 unspecified atom stereocenters. The minimum Gasteiger partial charge on any atom is -0.354 e. The van der Waals surface area contributed by atoms with E-state index in [2.05, 4.69) is 375 Å². The molecule has 0 aliphatic carbocycles. The van der Waals surface area contributed by atoms with Gasteiger partial charge in [-0.05, 0) is 153 Å². The fourth-order valence-corrected chi connectivity index (χ4v) is 16.6. The molecule has 1 N–H and O–H groups in total. The average molecular weight is 1520 g/mol. The van der Waals surface area contributed by atoms with E-state index in [0.717, 1.165) is 55.2 Å². The smallest absolute Gasteiger partial charge is 0.235 e. The summed E-state index contributed by atoms with van der Waals surface area (Å²) in [6.45, 7) is 7.18. The first-order valence-corrected chi connectivity index (χ1v) is 39.6. The monoisotopic (exact) mass is 1520 g/mol. The fraction of sp³-hybridized carbons (Fsp3) is 0. The van der Waals surface area contributed by atoms with Crippen LogP contribution in [0, 0.1) is 0 Å². The van der Waals surface area contributed by atoms with Gasteiger partial charge in [0.1, 0.15) is 0 Å². The van der Waals surface area contributed by atoms with Crippen LogP contribution in [0.15, 0.2) is 426 Å². The van der Waals surface area contributed by atoms with Crippen LogP contribution in [0.5, 0.6) is 0 Å². The third-order valence-corrected chi connectivity index (χ3v) is 22.0. The van der Waals surface area contributed by atoms with E-state index in [4.69, 9.17) is 21.6 Å². The van der Waals surface area contributed by atoms with Crippen molar-refractivity contribution in [1.82, 2.24) is 38.6 Å². The lowest BCUT2D eigenvalue weighted by Gasteiger charge is -2.14. The van der Waals surface area contributed by atoms with Crippen molar-refractivity contribution in [3.63, 3.8) is 0 Å². The first-order chi connectivity index (χ1) is 57.9. The number of benzene rings is 17. The van der Waals surface area contributed by atoms with Crippen molar-refractivity contribution in [2.24, 2.45) is 0 Å². The van der Waals surface area contributed by atoms with Crippen LogP contribution >= 0.6 is 11.6 Å². The Hall–Kier alpha value is -15.4. The molecule has 554 valence electrons. The van der Waals surface area contributed by atoms with Crippen LogP contribution < -0.4 is 0 Å². The predicted octanol–water partition coefficient (Wildman–Crippen LogP) is 29.0. The molecule has 0 aliphatic heterocycles. The van der Waals surface area contributed by atoms with Crippen molar-refractivity contribution >= 4 is 143 Å². The maximum atomic E-state index is 5.55. The summed E-state index contributed by atoms with van der Waals surface area (Å²) in [5.41, 5.74) is 23.4. The molecule has 6 heterocycles. The number of nitrogens with zero attached hydrogens (tertiary/aromatic N) is 7. The Balaban J connectivity index is 0.000000129. The van der Waals surface area contributed by atoms with Crippen LogP contribution in [-0.4, -0.2) is 38.6 Å². The second-order valence-electron chi connectivity index (χ2n) is 28.7. The molecule has 17 aromatic carbocycles. The molecule has 117 heavy (non-hydrogen) atoms. The van der Waals surface area contributed by atoms with Crippen molar-refractivity contribution in [1.29, 1.82) is 0 Å². The number of para-hydroxylation sites is 7. The average Bonchev–Trinajstić information content (AvgIpc) is 1.68. The topological polar surface area (TPSA) is 82.1 Å². The fourth-order valence-electron chi connectivity index (χ4n) is 16.5. The van der Waals surface area contributed by atoms with E-state index in [1.807, 2.05) is 72.8 Å². The highest BCUT2D eigenvalue weighted by Crippen LogP contribution is 2.45. The molecule has 9 heteroatoms. The summed E-state index contributed by atoms with van der Waals surface area (Å²) in [6.07, 6.45) is 4.89. The number of H-pyrrole nitrogens is 1. The van der Waals surface area contributed by atoms with Gasteiger partial charge in [-0.25, -0.2) is 19.9 Å². The molecule has 0 saturated carbocycles. The van der Waals surface area contributed by atoms with E-state index in [-0.39, 0.29) is 5.28 Å². The molecule has 0 spiro atoms. The van der Waals surface area contributed by atoms with Crippen LogP contribution in [-0.2, 0) is 0 Å². The number of aromatic nitrogens is 8. The molecule has 23 aromatic rings. The van der Waals surface area contributed by atoms with E-state index in [1.54, 1.807) is 18.3 Å². The maximum absolute atomic E-state index is 5.55. The summed E-state index contributed by atoms with van der Waals surface area (Å²) in [4.78, 5) is 22.1. The molecular weight excluding hydrogens is 1440 g/mol. The van der Waals surface area contributed by atoms with Gasteiger partial charge in [-0.3, -0.25) is 4.57 Å². The van der Waals surface area contributed by atoms with Crippen molar-refractivity contribution < 1.29 is 0 Å². The molecular formula is C108H75ClN8. The quantitative estimate of drug-likeness (QED) is 0.146. The standard InChI is InChI=1S/C54H34N4.C34H22N2.C8H7ClN2.2C6H6/c1-3-15-35(16-4-1)36-27-29-37(30-28-36)52-44-23-9-12-24-48(44)55-54(56-52)58-50-26-14-11-21-42(50)47-34-45(40-19-7-8-22-43(40)53(47)58)38-31-32-51-46(33-38)41-20-10-13-25-49(41)57(51)39-17-5-2-6-18-39;1-2-10-23(11-3-1)36-32-17-9-7-14-26(32)29-20-22(18-19-33(29)36)28-21-30-25-13-6-8-16-31(25)35-34(30)27-15-5-4-12-24(27)28;1-3-6-5-10-8(9)11-7(6)4-2;2*1-2-4-6-5-3-1/h1-34H;1-21,35H;3-5H,1-2H2;2*1-6H. The lowest BCUT2D eigenvalue weighted by molar-refractivity contribution is 1.02. The van der Waals surface area contributed by atoms with Crippen LogP contribution in [0.3, 0.4) is 0 Å². The van der Waals surface area contributed by atoms with E-state index < -0.39 is 0 Å². The van der Waals surface area contributed by atoms with Gasteiger partial charge in [0, 0.05) is 93.5 Å². The third kappa shape index (κ3) is 13.8. The molecule has 0 atom stereocenters. The van der Waals surface area contributed by atoms with E-state index >= 15 is 0 Å². The Morgan fingerprint density at radius 3 is 1.21 bits per heavy atom. The van der Waals surface area contributed by atoms with E-state index in [0.29, 0.717) is 11.6 Å². The highest BCUT2D eigenvalue weighted by Gasteiger charge is 2.24. The summed E-state index contributed by atoms with van der Waals surface area (Å²) < 4.78 is 7.02. The third-order valence-electron chi connectivity index (χ3n) is 21.8. The Labute approximate surface area is 681 Å². The van der Waals surface area contributed by atoms with E-state index in [9.17, 15) is 0 Å². The normalized spacial score (nSPS) is 11.2. The summed E-state index contributed by atoms with van der Waals surface area (Å²) in [5.74, 6) is 0.653. The van der Waals surface area contributed by atoms with Gasteiger partial charge < -0.3 is 14.1 Å². The second kappa shape index (κ2) is 32.0. The number of hydrogen-bond donors (Lipinski definition) is 1. The molecule has 8 nitrogen and oxygen atoms in total. The van der Waals surface area contributed by atoms with Gasteiger partial charge in [0.25, 0.3) is 0 Å². The van der Waals surface area contributed by atoms with E-state index in [1.165, 1.54) is 126 Å². The molecule has 0 aliphatic rings. The predicted molar refractivity (Wildman–Crippen MR) is 495 cm³/mol. The molecule has 0 radical (unpaired) electrons. The zero-order chi connectivity index (χ0) is 78.5. The van der Waals surface area contributed by atoms with Crippen molar-refractivity contribution in [3.05, 3.63) is 442 Å². The SMILES string of the molecule is C=Cc1cnc(Cl)nc1C=C.c1ccc(-c2ccc(-c3nc(-n4c5ccccc5c5cc(-c6ccc7c(c6)c6ccccc6n7-c6ccccc6)c6ccccc6c54)nc4ccccc34)cc2)cc1.c1ccc(-n2c3ccccc3c3cc(-c4cc5c6ccccc6[nH]c5c5ccccc45)ccc32)cc1.c1ccccc1.c1ccccc1. The van der Waals surface area contributed by atoms with Crippen LogP contribution in [0.25, 0.3) is 194 Å². The van der Waals surface area contributed by atoms with Gasteiger partial charge in [-0.15, -0.1) is 0 Å². The summed E-state index contributed by atoms with van der Waals surface area (Å²) in [7, 11) is 0.